The van der Waals surface area contributed by atoms with Crippen LogP contribution in [0.25, 0.3) is 11.0 Å². The summed E-state index contributed by atoms with van der Waals surface area (Å²) in [5.74, 6) is 2.29. The number of hydrogen-bond donors (Lipinski definition) is 1. The molecule has 3 aromatic rings. The van der Waals surface area contributed by atoms with Gasteiger partial charge < -0.3 is 14.6 Å². The Morgan fingerprint density at radius 2 is 1.90 bits per heavy atom. The van der Waals surface area contributed by atoms with Crippen molar-refractivity contribution in [3.63, 3.8) is 0 Å². The Morgan fingerprint density at radius 3 is 2.68 bits per heavy atom. The predicted octanol–water partition coefficient (Wildman–Crippen LogP) is 5.30. The molecule has 5 nitrogen and oxygen atoms in total. The lowest BCUT2D eigenvalue weighted by Gasteiger charge is -2.13. The van der Waals surface area contributed by atoms with Gasteiger partial charge in [-0.15, -0.1) is 0 Å². The summed E-state index contributed by atoms with van der Waals surface area (Å²) in [5.41, 5.74) is 3.39. The SMILES string of the molecule is CCC(CC)C(=O)NCCCc1nc2ccccc2n1CCCOc1cccc(C)c1. The van der Waals surface area contributed by atoms with Crippen molar-refractivity contribution in [2.24, 2.45) is 5.92 Å². The summed E-state index contributed by atoms with van der Waals surface area (Å²) in [4.78, 5) is 17.0. The molecule has 0 unspecified atom stereocenters. The summed E-state index contributed by atoms with van der Waals surface area (Å²) < 4.78 is 8.23. The third-order valence-electron chi connectivity index (χ3n) is 5.75. The monoisotopic (exact) mass is 421 g/mol. The van der Waals surface area contributed by atoms with E-state index in [9.17, 15) is 4.79 Å². The fourth-order valence-corrected chi connectivity index (χ4v) is 3.95. The zero-order chi connectivity index (χ0) is 22.1. The van der Waals surface area contributed by atoms with Crippen LogP contribution in [0.2, 0.25) is 0 Å². The van der Waals surface area contributed by atoms with Gasteiger partial charge in [-0.05, 0) is 62.4 Å². The topological polar surface area (TPSA) is 56.2 Å². The van der Waals surface area contributed by atoms with Crippen LogP contribution >= 0.6 is 0 Å². The minimum Gasteiger partial charge on any atom is -0.494 e. The molecule has 0 saturated heterocycles. The summed E-state index contributed by atoms with van der Waals surface area (Å²) in [6.07, 6.45) is 4.42. The molecule has 2 aromatic carbocycles. The number of fused-ring (bicyclic) bond motifs is 1. The van der Waals surface area contributed by atoms with E-state index in [1.54, 1.807) is 0 Å². The molecule has 0 bridgehead atoms. The van der Waals surface area contributed by atoms with E-state index in [-0.39, 0.29) is 11.8 Å². The van der Waals surface area contributed by atoms with E-state index in [1.807, 2.05) is 18.2 Å². The molecule has 0 atom stereocenters. The first kappa shape index (κ1) is 22.9. The van der Waals surface area contributed by atoms with Crippen molar-refractivity contribution >= 4 is 16.9 Å². The number of carbonyl (C=O) groups is 1. The van der Waals surface area contributed by atoms with Gasteiger partial charge in [0.15, 0.2) is 0 Å². The van der Waals surface area contributed by atoms with E-state index in [4.69, 9.17) is 9.72 Å². The number of carbonyl (C=O) groups excluding carboxylic acids is 1. The first-order valence-corrected chi connectivity index (χ1v) is 11.5. The fourth-order valence-electron chi connectivity index (χ4n) is 3.95. The second kappa shape index (κ2) is 11.5. The number of imidazole rings is 1. The second-order valence-electron chi connectivity index (χ2n) is 8.09. The van der Waals surface area contributed by atoms with Crippen LogP contribution in [0.4, 0.5) is 0 Å². The van der Waals surface area contributed by atoms with Gasteiger partial charge in [-0.25, -0.2) is 4.98 Å². The van der Waals surface area contributed by atoms with Crippen molar-refractivity contribution in [1.82, 2.24) is 14.9 Å². The van der Waals surface area contributed by atoms with Crippen LogP contribution in [-0.4, -0.2) is 28.6 Å². The van der Waals surface area contributed by atoms with Crippen molar-refractivity contribution in [1.29, 1.82) is 0 Å². The van der Waals surface area contributed by atoms with Crippen LogP contribution in [0, 0.1) is 12.8 Å². The fraction of sp³-hybridized carbons (Fsp3) is 0.462. The molecule has 1 heterocycles. The largest absolute Gasteiger partial charge is 0.494 e. The van der Waals surface area contributed by atoms with E-state index < -0.39 is 0 Å². The van der Waals surface area contributed by atoms with Gasteiger partial charge in [0.05, 0.1) is 17.6 Å². The molecule has 0 radical (unpaired) electrons. The van der Waals surface area contributed by atoms with Gasteiger partial charge >= 0.3 is 0 Å². The number of amides is 1. The number of benzene rings is 2. The lowest BCUT2D eigenvalue weighted by atomic mass is 10.0. The average molecular weight is 422 g/mol. The summed E-state index contributed by atoms with van der Waals surface area (Å²) in [6, 6.07) is 16.4. The van der Waals surface area contributed by atoms with Crippen molar-refractivity contribution in [3.05, 3.63) is 59.9 Å². The molecule has 5 heteroatoms. The zero-order valence-corrected chi connectivity index (χ0v) is 19.1. The quantitative estimate of drug-likeness (QED) is 0.404. The second-order valence-corrected chi connectivity index (χ2v) is 8.09. The summed E-state index contributed by atoms with van der Waals surface area (Å²) in [6.45, 7) is 8.43. The smallest absolute Gasteiger partial charge is 0.223 e. The molecule has 1 N–H and O–H groups in total. The number of ether oxygens (including phenoxy) is 1. The van der Waals surface area contributed by atoms with Crippen molar-refractivity contribution in [2.75, 3.05) is 13.2 Å². The number of para-hydroxylation sites is 2. The number of hydrogen-bond acceptors (Lipinski definition) is 3. The molecular formula is C26H35N3O2. The van der Waals surface area contributed by atoms with Crippen molar-refractivity contribution < 1.29 is 9.53 Å². The predicted molar refractivity (Wildman–Crippen MR) is 126 cm³/mol. The van der Waals surface area contributed by atoms with Crippen LogP contribution in [0.1, 0.15) is 50.9 Å². The van der Waals surface area contributed by atoms with E-state index in [0.29, 0.717) is 13.2 Å². The first-order valence-electron chi connectivity index (χ1n) is 11.5. The highest BCUT2D eigenvalue weighted by Gasteiger charge is 2.14. The number of aromatic nitrogens is 2. The molecule has 0 aliphatic heterocycles. The standard InChI is InChI=1S/C26H35N3O2/c1-4-21(5-2)26(30)27-16-9-15-25-28-23-13-6-7-14-24(23)29(25)17-10-18-31-22-12-8-11-20(3)19-22/h6-8,11-14,19,21H,4-5,9-10,15-18H2,1-3H3,(H,27,30). The van der Waals surface area contributed by atoms with Crippen LogP contribution in [0.3, 0.4) is 0 Å². The molecule has 31 heavy (non-hydrogen) atoms. The lowest BCUT2D eigenvalue weighted by molar-refractivity contribution is -0.125. The Bertz CT molecular complexity index is 976. The van der Waals surface area contributed by atoms with E-state index >= 15 is 0 Å². The highest BCUT2D eigenvalue weighted by atomic mass is 16.5. The Morgan fingerprint density at radius 1 is 1.10 bits per heavy atom. The highest BCUT2D eigenvalue weighted by Crippen LogP contribution is 2.18. The minimum absolute atomic E-state index is 0.123. The summed E-state index contributed by atoms with van der Waals surface area (Å²) in [5, 5.41) is 3.09. The molecule has 0 aliphatic rings. The van der Waals surface area contributed by atoms with Gasteiger partial charge in [0.25, 0.3) is 0 Å². The maximum absolute atomic E-state index is 12.2. The molecule has 0 spiro atoms. The van der Waals surface area contributed by atoms with Gasteiger partial charge in [-0.3, -0.25) is 4.79 Å². The van der Waals surface area contributed by atoms with Gasteiger partial charge in [0, 0.05) is 25.4 Å². The van der Waals surface area contributed by atoms with Crippen molar-refractivity contribution in [2.45, 2.75) is 59.4 Å². The molecule has 166 valence electrons. The van der Waals surface area contributed by atoms with Crippen LogP contribution in [0.5, 0.6) is 5.75 Å². The van der Waals surface area contributed by atoms with Gasteiger partial charge in [-0.2, -0.15) is 0 Å². The molecule has 0 fully saturated rings. The third kappa shape index (κ3) is 6.33. The minimum atomic E-state index is 0.123. The Hall–Kier alpha value is -2.82. The van der Waals surface area contributed by atoms with Crippen LogP contribution in [0.15, 0.2) is 48.5 Å². The normalized spacial score (nSPS) is 11.2. The molecule has 0 aliphatic carbocycles. The van der Waals surface area contributed by atoms with Crippen LogP contribution < -0.4 is 10.1 Å². The van der Waals surface area contributed by atoms with Crippen molar-refractivity contribution in [3.8, 4) is 5.75 Å². The molecule has 3 rings (SSSR count). The van der Waals surface area contributed by atoms with Gasteiger partial charge in [-0.1, -0.05) is 38.1 Å². The zero-order valence-electron chi connectivity index (χ0n) is 19.1. The van der Waals surface area contributed by atoms with E-state index in [1.165, 1.54) is 5.56 Å². The number of nitrogens with zero attached hydrogens (tertiary/aromatic N) is 2. The van der Waals surface area contributed by atoms with E-state index in [2.05, 4.69) is 61.0 Å². The highest BCUT2D eigenvalue weighted by molar-refractivity contribution is 5.78. The number of rotatable bonds is 12. The van der Waals surface area contributed by atoms with Crippen LogP contribution in [-0.2, 0) is 17.8 Å². The van der Waals surface area contributed by atoms with Gasteiger partial charge in [0.2, 0.25) is 5.91 Å². The molecule has 0 saturated carbocycles. The Balaban J connectivity index is 1.56. The van der Waals surface area contributed by atoms with Gasteiger partial charge in [0.1, 0.15) is 11.6 Å². The maximum Gasteiger partial charge on any atom is 0.223 e. The average Bonchev–Trinajstić information content (AvgIpc) is 3.12. The molecule has 1 aromatic heterocycles. The number of aryl methyl sites for hydroxylation is 3. The molecular weight excluding hydrogens is 386 g/mol. The Labute approximate surface area is 185 Å². The number of nitrogens with one attached hydrogen (secondary N) is 1. The maximum atomic E-state index is 12.2. The summed E-state index contributed by atoms with van der Waals surface area (Å²) in [7, 11) is 0. The Kier molecular flexibility index (Phi) is 8.51. The molecule has 1 amide bonds. The summed E-state index contributed by atoms with van der Waals surface area (Å²) >= 11 is 0. The first-order chi connectivity index (χ1) is 15.1. The lowest BCUT2D eigenvalue weighted by Crippen LogP contribution is -2.31. The van der Waals surface area contributed by atoms with E-state index in [0.717, 1.165) is 61.3 Å². The third-order valence-corrected chi connectivity index (χ3v) is 5.75.